The summed E-state index contributed by atoms with van der Waals surface area (Å²) in [6.07, 6.45) is -9.32. The number of aliphatic carboxylic acids is 2. The molecule has 0 aliphatic carbocycles. The zero-order valence-electron chi connectivity index (χ0n) is 76.8. The number of hydrogen-bond acceptors (Lipinski definition) is 34. The van der Waals surface area contributed by atoms with Crippen molar-refractivity contribution in [2.75, 3.05) is 37.7 Å². The van der Waals surface area contributed by atoms with E-state index in [9.17, 15) is 156 Å². The summed E-state index contributed by atoms with van der Waals surface area (Å²) in [5, 5.41) is 120. The number of aliphatic hydroxyl groups excluding tert-OH is 5. The molecule has 0 spiro atoms. The molecule has 1 aromatic heterocycles. The van der Waals surface area contributed by atoms with E-state index in [-0.39, 0.29) is 42.8 Å². The highest BCUT2D eigenvalue weighted by Crippen LogP contribution is 2.22. The van der Waals surface area contributed by atoms with Crippen LogP contribution in [0, 0.1) is 5.92 Å². The third-order valence-electron chi connectivity index (χ3n) is 20.5. The van der Waals surface area contributed by atoms with Crippen LogP contribution in [0.4, 0.5) is 0 Å². The van der Waals surface area contributed by atoms with Crippen LogP contribution in [0.15, 0.2) is 36.8 Å². The molecule has 1 fully saturated rings. The predicted molar refractivity (Wildman–Crippen MR) is 483 cm³/mol. The van der Waals surface area contributed by atoms with Crippen molar-refractivity contribution in [1.82, 2.24) is 111 Å². The number of carbonyl (C=O) groups is 24. The molecule has 0 radical (unpaired) electrons. The molecule has 22 amide bonds. The number of carboxylic acid groups (broad SMARTS) is 2. The third-order valence-corrected chi connectivity index (χ3v) is 21.2. The molecule has 3 rings (SSSR count). The van der Waals surface area contributed by atoms with Gasteiger partial charge in [0.05, 0.1) is 81.8 Å². The van der Waals surface area contributed by atoms with Gasteiger partial charge in [-0.25, -0.2) is 9.78 Å². The molecule has 772 valence electrons. The topological polar surface area (TPSA) is 924 Å². The number of hydrogen-bond donors (Lipinski definition) is 33. The summed E-state index contributed by atoms with van der Waals surface area (Å²) in [6.45, 7) is 7.74. The molecule has 0 bridgehead atoms. The number of aromatic amines is 1. The first kappa shape index (κ1) is 119. The smallest absolute Gasteiger partial charge is 0.328 e. The highest BCUT2D eigenvalue weighted by atomic mass is 32.1. The molecule has 1 aromatic carbocycles. The van der Waals surface area contributed by atoms with Crippen LogP contribution < -0.4 is 119 Å². The molecular formula is C80H123N25O32S2. The largest absolute Gasteiger partial charge is 0.508 e. The summed E-state index contributed by atoms with van der Waals surface area (Å²) in [5.41, 5.74) is 22.3. The Morgan fingerprint density at radius 1 is 0.424 bits per heavy atom. The second-order valence-corrected chi connectivity index (χ2v) is 33.5. The van der Waals surface area contributed by atoms with Gasteiger partial charge in [0.15, 0.2) is 6.04 Å². The van der Waals surface area contributed by atoms with Gasteiger partial charge < -0.3 is 169 Å². The molecule has 0 saturated carbocycles. The minimum atomic E-state index is -2.02. The lowest BCUT2D eigenvalue weighted by atomic mass is 10.0. The third kappa shape index (κ3) is 40.7. The van der Waals surface area contributed by atoms with E-state index in [0.29, 0.717) is 0 Å². The summed E-state index contributed by atoms with van der Waals surface area (Å²) >= 11 is 8.17. The van der Waals surface area contributed by atoms with E-state index in [2.05, 4.69) is 115 Å². The maximum atomic E-state index is 14.7. The van der Waals surface area contributed by atoms with Gasteiger partial charge in [-0.05, 0) is 91.3 Å². The summed E-state index contributed by atoms with van der Waals surface area (Å²) in [4.78, 5) is 328. The van der Waals surface area contributed by atoms with Crippen LogP contribution in [0.2, 0.25) is 0 Å². The monoisotopic (exact) mass is 2010 g/mol. The molecule has 1 aliphatic rings. The Kier molecular flexibility index (Phi) is 49.6. The van der Waals surface area contributed by atoms with Crippen molar-refractivity contribution in [3.63, 3.8) is 0 Å². The Labute approximate surface area is 803 Å². The van der Waals surface area contributed by atoms with Gasteiger partial charge in [0.25, 0.3) is 0 Å². The van der Waals surface area contributed by atoms with Gasteiger partial charge >= 0.3 is 11.9 Å². The number of nitrogens with zero attached hydrogens (tertiary/aromatic N) is 2. The predicted octanol–water partition coefficient (Wildman–Crippen LogP) is -16.1. The summed E-state index contributed by atoms with van der Waals surface area (Å²) in [6, 6.07) is -26.6. The zero-order chi connectivity index (χ0) is 105. The van der Waals surface area contributed by atoms with Crippen molar-refractivity contribution < 1.29 is 156 Å². The van der Waals surface area contributed by atoms with Crippen LogP contribution in [-0.2, 0) is 128 Å². The Balaban J connectivity index is 1.79. The molecule has 57 nitrogen and oxygen atoms in total. The Bertz CT molecular complexity index is 4720. The second-order valence-electron chi connectivity index (χ2n) is 32.8. The fraction of sp³-hybridized carbons (Fsp3) is 0.588. The number of primary amides is 3. The molecule has 22 atom stereocenters. The number of aliphatic hydroxyl groups is 5. The number of aromatic nitrogens is 2. The maximum absolute atomic E-state index is 14.7. The van der Waals surface area contributed by atoms with Gasteiger partial charge in [-0.1, -0.05) is 26.0 Å². The lowest BCUT2D eigenvalue weighted by molar-refractivity contribution is -0.146. The standard InChI is InChI=1S/C80H123N25O32S2/c1-31(2)17-42(95-73(129)49(27-106)100-75(131)50(28-138)93-57(116)26-87-77(133)59(84)35(6)107)67(123)97-46(21-54(82)113)69(125)98-47(22-55(83)114)70(126)101-51(29-139)74(130)91-33(4)64(120)89-34(5)65(121)94-44(19-40-24-85-30-88-40)68(124)96-43(18-39-12-14-41(111)15-13-39)71(127)103-61(37(8)109)79(135)105-16-10-11-52(105)76(132)99-45(20-53(81)112)66(122)90-32(3)63(119)86-25-56(115)92-48(23-58(117)118)72(128)102-60(36(7)108)78(134)104-62(38(9)110)80(136)137/h12-15,24,30-38,42-52,59-62,106-111,138-139H,10-11,16-23,25-29,84H2,1-9H3,(H2,81,112)(H2,82,113)(H2,83,114)(H,85,88)(H,86,119)(H,87,133)(H,89,120)(H,90,122)(H,91,130)(H,92,115)(H,93,116)(H,94,121)(H,95,129)(H,96,124)(H,97,123)(H,98,125)(H,99,132)(H,100,131)(H,101,126)(H,102,128)(H,103,127)(H,104,134)(H,117,118)(H,136,137)/t32-,33-,34-,35+,36+,37+,38+,42-,43-,44-,45-,46-,47-,48-,49-,50-,51-,52-,59-,60-,61-,62-/m0/s1. The number of phenols is 1. The number of benzene rings is 1. The minimum Gasteiger partial charge on any atom is -0.508 e. The Morgan fingerprint density at radius 3 is 1.27 bits per heavy atom. The number of thiol groups is 2. The molecule has 1 saturated heterocycles. The van der Waals surface area contributed by atoms with Gasteiger partial charge in [-0.15, -0.1) is 0 Å². The molecule has 2 heterocycles. The lowest BCUT2D eigenvalue weighted by Crippen LogP contribution is -2.62. The first-order chi connectivity index (χ1) is 64.9. The highest BCUT2D eigenvalue weighted by molar-refractivity contribution is 7.80. The first-order valence-electron chi connectivity index (χ1n) is 43.0. The van der Waals surface area contributed by atoms with E-state index < -0.39 is 351 Å². The van der Waals surface area contributed by atoms with Crippen molar-refractivity contribution in [3.05, 3.63) is 48.0 Å². The summed E-state index contributed by atoms with van der Waals surface area (Å²) < 4.78 is 0. The maximum Gasteiger partial charge on any atom is 0.328 e. The normalized spacial score (nSPS) is 16.7. The number of likely N-dealkylation sites (tertiary alicyclic amines) is 1. The average molecular weight is 2010 g/mol. The fourth-order valence-corrected chi connectivity index (χ4v) is 13.4. The van der Waals surface area contributed by atoms with E-state index in [1.807, 2.05) is 16.0 Å². The first-order valence-corrected chi connectivity index (χ1v) is 44.3. The number of nitrogens with two attached hydrogens (primary N) is 4. The van der Waals surface area contributed by atoms with Gasteiger partial charge in [0, 0.05) is 37.1 Å². The molecule has 59 heteroatoms. The zero-order valence-corrected chi connectivity index (χ0v) is 78.6. The van der Waals surface area contributed by atoms with E-state index in [4.69, 9.17) is 22.9 Å². The number of carboxylic acids is 2. The quantitative estimate of drug-likeness (QED) is 0.0274. The SMILES string of the molecule is CC(C)C[C@H](NC(=O)[C@H](CO)NC(=O)[C@H](CS)NC(=O)CNC(=O)[C@@H](N)[C@@H](C)O)C(=O)N[C@@H](CC(N)=O)C(=O)N[C@@H](CC(N)=O)C(=O)N[C@@H](CS)C(=O)N[C@@H](C)C(=O)N[C@@H](C)C(=O)N[C@@H](Cc1c[nH]cn1)C(=O)N[C@@H](Cc1ccc(O)cc1)C(=O)N[C@H](C(=O)N1CCC[C@H]1C(=O)N[C@@H](CC(N)=O)C(=O)N[C@@H](C)C(=O)NCC(=O)N[C@@H](CC(=O)O)C(=O)N[C@H](C(=O)N[C@H](C(=O)O)[C@@H](C)O)[C@@H](C)O)[C@@H](C)O. The van der Waals surface area contributed by atoms with Crippen molar-refractivity contribution in [3.8, 4) is 5.75 Å². The van der Waals surface area contributed by atoms with Crippen LogP contribution in [0.3, 0.4) is 0 Å². The van der Waals surface area contributed by atoms with Crippen molar-refractivity contribution in [1.29, 1.82) is 0 Å². The number of carbonyl (C=O) groups excluding carboxylic acids is 22. The number of imidazole rings is 1. The van der Waals surface area contributed by atoms with Gasteiger partial charge in [0.2, 0.25) is 130 Å². The van der Waals surface area contributed by atoms with Crippen LogP contribution in [0.1, 0.15) is 119 Å². The number of rotatable bonds is 59. The van der Waals surface area contributed by atoms with E-state index >= 15 is 0 Å². The van der Waals surface area contributed by atoms with E-state index in [1.54, 1.807) is 13.8 Å². The molecule has 1 aliphatic heterocycles. The number of phenolic OH excluding ortho intramolecular Hbond substituents is 1. The lowest BCUT2D eigenvalue weighted by Gasteiger charge is -2.32. The van der Waals surface area contributed by atoms with Crippen LogP contribution in [-0.4, -0.2) is 369 Å². The van der Waals surface area contributed by atoms with Crippen molar-refractivity contribution in [2.45, 2.75) is 253 Å². The minimum absolute atomic E-state index is 0.0701. The second kappa shape index (κ2) is 57.9. The average Bonchev–Trinajstić information content (AvgIpc) is 1.52. The molecule has 0 unspecified atom stereocenters. The van der Waals surface area contributed by atoms with Crippen LogP contribution in [0.25, 0.3) is 0 Å². The number of amides is 22. The molecule has 35 N–H and O–H groups in total. The number of H-pyrrole nitrogens is 1. The molecule has 2 aromatic rings. The summed E-state index contributed by atoms with van der Waals surface area (Å²) in [5.74, 6) is -30.9. The van der Waals surface area contributed by atoms with Crippen molar-refractivity contribution >= 4 is 167 Å². The molecular weight excluding hydrogens is 1890 g/mol. The summed E-state index contributed by atoms with van der Waals surface area (Å²) in [7, 11) is 0. The van der Waals surface area contributed by atoms with Gasteiger partial charge in [0.1, 0.15) is 108 Å². The van der Waals surface area contributed by atoms with E-state index in [0.717, 1.165) is 46.4 Å². The highest BCUT2D eigenvalue weighted by Gasteiger charge is 2.44. The van der Waals surface area contributed by atoms with Crippen LogP contribution >= 0.6 is 25.3 Å². The molecule has 139 heavy (non-hydrogen) atoms. The Hall–Kier alpha value is -14.0. The number of nitrogens with one attached hydrogen (secondary N) is 19. The van der Waals surface area contributed by atoms with Gasteiger partial charge in [-0.3, -0.25) is 110 Å². The Morgan fingerprint density at radius 2 is 0.799 bits per heavy atom. The van der Waals surface area contributed by atoms with E-state index in [1.165, 1.54) is 43.7 Å². The van der Waals surface area contributed by atoms with Crippen LogP contribution in [0.5, 0.6) is 5.75 Å². The van der Waals surface area contributed by atoms with Gasteiger partial charge in [-0.2, -0.15) is 25.3 Å². The number of aromatic hydroxyl groups is 1. The van der Waals surface area contributed by atoms with Crippen molar-refractivity contribution in [2.24, 2.45) is 28.9 Å². The fourth-order valence-electron chi connectivity index (χ4n) is 12.9.